The van der Waals surface area contributed by atoms with E-state index < -0.39 is 0 Å². The molecule has 10 heavy (non-hydrogen) atoms. The van der Waals surface area contributed by atoms with Gasteiger partial charge in [-0.2, -0.15) is 5.10 Å². The van der Waals surface area contributed by atoms with Crippen LogP contribution in [0.15, 0.2) is 17.3 Å². The number of hydrogen-bond acceptors (Lipinski definition) is 2. The average molecular weight is 140 g/mol. The predicted octanol–water partition coefficient (Wildman–Crippen LogP) is 1.94. The van der Waals surface area contributed by atoms with Crippen molar-refractivity contribution in [1.29, 1.82) is 0 Å². The van der Waals surface area contributed by atoms with E-state index in [0.29, 0.717) is 0 Å². The molecule has 1 N–H and O–H groups in total. The molecule has 0 unspecified atom stereocenters. The van der Waals surface area contributed by atoms with Crippen LogP contribution in [0.5, 0.6) is 0 Å². The Morgan fingerprint density at radius 1 is 1.50 bits per heavy atom. The third kappa shape index (κ3) is 7.21. The first-order chi connectivity index (χ1) is 4.42. The van der Waals surface area contributed by atoms with Crippen LogP contribution in [0, 0.1) is 0 Å². The van der Waals surface area contributed by atoms with Crippen molar-refractivity contribution in [2.45, 2.75) is 33.2 Å². The highest BCUT2D eigenvalue weighted by Gasteiger charge is 2.05. The van der Waals surface area contributed by atoms with Crippen LogP contribution in [-0.2, 0) is 0 Å². The first-order valence-corrected chi connectivity index (χ1v) is 3.37. The van der Waals surface area contributed by atoms with Crippen LogP contribution in [0.1, 0.15) is 27.7 Å². The van der Waals surface area contributed by atoms with Crippen molar-refractivity contribution >= 4 is 6.21 Å². The van der Waals surface area contributed by atoms with Gasteiger partial charge in [0, 0.05) is 11.8 Å². The Morgan fingerprint density at radius 2 is 2.00 bits per heavy atom. The maximum atomic E-state index is 3.97. The highest BCUT2D eigenvalue weighted by molar-refractivity contribution is 5.76. The van der Waals surface area contributed by atoms with Crippen molar-refractivity contribution in [3.8, 4) is 0 Å². The van der Waals surface area contributed by atoms with Gasteiger partial charge in [0.25, 0.3) is 0 Å². The fraction of sp³-hybridized carbons (Fsp3) is 0.625. The first kappa shape index (κ1) is 9.21. The van der Waals surface area contributed by atoms with Gasteiger partial charge in [-0.05, 0) is 33.3 Å². The van der Waals surface area contributed by atoms with E-state index in [1.165, 1.54) is 0 Å². The van der Waals surface area contributed by atoms with Crippen LogP contribution in [0.25, 0.3) is 0 Å². The van der Waals surface area contributed by atoms with Gasteiger partial charge < -0.3 is 5.43 Å². The number of rotatable bonds is 2. The van der Waals surface area contributed by atoms with Crippen molar-refractivity contribution in [3.63, 3.8) is 0 Å². The van der Waals surface area contributed by atoms with Gasteiger partial charge in [-0.1, -0.05) is 6.58 Å². The fourth-order valence-corrected chi connectivity index (χ4v) is 0.336. The molecule has 0 aliphatic carbocycles. The maximum absolute atomic E-state index is 3.97. The van der Waals surface area contributed by atoms with Crippen molar-refractivity contribution in [2.24, 2.45) is 5.10 Å². The second-order valence-corrected chi connectivity index (χ2v) is 3.47. The van der Waals surface area contributed by atoms with E-state index in [9.17, 15) is 0 Å². The van der Waals surface area contributed by atoms with E-state index in [4.69, 9.17) is 0 Å². The summed E-state index contributed by atoms with van der Waals surface area (Å²) in [5.74, 6) is 0. The molecular weight excluding hydrogens is 124 g/mol. The van der Waals surface area contributed by atoms with Gasteiger partial charge in [-0.25, -0.2) is 0 Å². The molecule has 2 nitrogen and oxygen atoms in total. The van der Waals surface area contributed by atoms with Gasteiger partial charge >= 0.3 is 0 Å². The lowest BCUT2D eigenvalue weighted by atomic mass is 10.1. The lowest BCUT2D eigenvalue weighted by Crippen LogP contribution is -2.31. The summed E-state index contributed by atoms with van der Waals surface area (Å²) in [7, 11) is 0. The van der Waals surface area contributed by atoms with Gasteiger partial charge in [0.15, 0.2) is 0 Å². The highest BCUT2D eigenvalue weighted by atomic mass is 15.3. The lowest BCUT2D eigenvalue weighted by molar-refractivity contribution is 0.442. The van der Waals surface area contributed by atoms with Gasteiger partial charge in [0.2, 0.25) is 0 Å². The van der Waals surface area contributed by atoms with E-state index >= 15 is 0 Å². The van der Waals surface area contributed by atoms with E-state index in [2.05, 4.69) is 37.9 Å². The Bertz CT molecular complexity index is 140. The molecule has 0 aliphatic rings. The smallest absolute Gasteiger partial charge is 0.0491 e. The molecule has 0 aromatic rings. The van der Waals surface area contributed by atoms with Gasteiger partial charge in [-0.3, -0.25) is 0 Å². The zero-order chi connectivity index (χ0) is 8.20. The van der Waals surface area contributed by atoms with Crippen molar-refractivity contribution < 1.29 is 0 Å². The SMILES string of the molecule is C=C(C)C=NNC(C)(C)C. The van der Waals surface area contributed by atoms with Crippen LogP contribution in [0.3, 0.4) is 0 Å². The Kier molecular flexibility index (Phi) is 3.13. The largest absolute Gasteiger partial charge is 0.305 e. The van der Waals surface area contributed by atoms with E-state index in [-0.39, 0.29) is 5.54 Å². The molecular formula is C8H16N2. The number of allylic oxidation sites excluding steroid dienone is 1. The third-order valence-corrected chi connectivity index (χ3v) is 0.685. The number of hydrogen-bond donors (Lipinski definition) is 1. The summed E-state index contributed by atoms with van der Waals surface area (Å²) in [6, 6.07) is 0. The molecule has 0 rings (SSSR count). The van der Waals surface area contributed by atoms with E-state index in [0.717, 1.165) is 5.57 Å². The van der Waals surface area contributed by atoms with Crippen LogP contribution in [-0.4, -0.2) is 11.8 Å². The standard InChI is InChI=1S/C8H16N2/c1-7(2)6-9-10-8(3,4)5/h6,10H,1H2,2-5H3. The Hall–Kier alpha value is -0.790. The molecule has 0 bridgehead atoms. The lowest BCUT2D eigenvalue weighted by Gasteiger charge is -2.16. The molecule has 0 atom stereocenters. The topological polar surface area (TPSA) is 24.4 Å². The summed E-state index contributed by atoms with van der Waals surface area (Å²) in [6.07, 6.45) is 1.71. The summed E-state index contributed by atoms with van der Waals surface area (Å²) in [4.78, 5) is 0. The van der Waals surface area contributed by atoms with Crippen LogP contribution in [0.2, 0.25) is 0 Å². The van der Waals surface area contributed by atoms with E-state index in [1.54, 1.807) is 6.21 Å². The number of nitrogens with zero attached hydrogens (tertiary/aromatic N) is 1. The average Bonchev–Trinajstić information content (AvgIpc) is 1.59. The number of nitrogens with one attached hydrogen (secondary N) is 1. The molecule has 58 valence electrons. The highest BCUT2D eigenvalue weighted by Crippen LogP contribution is 1.97. The Morgan fingerprint density at radius 3 is 2.30 bits per heavy atom. The molecule has 0 radical (unpaired) electrons. The number of hydrazone groups is 1. The fourth-order valence-electron chi connectivity index (χ4n) is 0.336. The van der Waals surface area contributed by atoms with Crippen molar-refractivity contribution in [1.82, 2.24) is 5.43 Å². The van der Waals surface area contributed by atoms with Gasteiger partial charge in [0.1, 0.15) is 0 Å². The minimum atomic E-state index is 0.0476. The van der Waals surface area contributed by atoms with Crippen LogP contribution < -0.4 is 5.43 Å². The molecule has 0 heterocycles. The quantitative estimate of drug-likeness (QED) is 0.460. The molecule has 2 heteroatoms. The molecule has 0 amide bonds. The minimum absolute atomic E-state index is 0.0476. The van der Waals surface area contributed by atoms with Crippen molar-refractivity contribution in [2.75, 3.05) is 0 Å². The van der Waals surface area contributed by atoms with Crippen LogP contribution >= 0.6 is 0 Å². The second-order valence-electron chi connectivity index (χ2n) is 3.47. The second kappa shape index (κ2) is 3.40. The molecule has 0 saturated heterocycles. The zero-order valence-corrected chi connectivity index (χ0v) is 7.23. The normalized spacial score (nSPS) is 12.0. The molecule has 0 aromatic carbocycles. The van der Waals surface area contributed by atoms with Gasteiger partial charge in [0.05, 0.1) is 0 Å². The maximum Gasteiger partial charge on any atom is 0.0491 e. The van der Waals surface area contributed by atoms with Crippen molar-refractivity contribution in [3.05, 3.63) is 12.2 Å². The van der Waals surface area contributed by atoms with Gasteiger partial charge in [-0.15, -0.1) is 0 Å². The molecule has 0 fully saturated rings. The minimum Gasteiger partial charge on any atom is -0.305 e. The summed E-state index contributed by atoms with van der Waals surface area (Å²) in [5, 5.41) is 3.97. The molecule has 0 aliphatic heterocycles. The Labute approximate surface area is 63.0 Å². The van der Waals surface area contributed by atoms with E-state index in [1.807, 2.05) is 6.92 Å². The summed E-state index contributed by atoms with van der Waals surface area (Å²) < 4.78 is 0. The summed E-state index contributed by atoms with van der Waals surface area (Å²) in [6.45, 7) is 11.8. The Balaban J connectivity index is 3.64. The molecule has 0 aromatic heterocycles. The zero-order valence-electron chi connectivity index (χ0n) is 7.23. The first-order valence-electron chi connectivity index (χ1n) is 3.37. The molecule has 0 saturated carbocycles. The monoisotopic (exact) mass is 140 g/mol. The summed E-state index contributed by atoms with van der Waals surface area (Å²) in [5.41, 5.74) is 3.96. The predicted molar refractivity (Wildman–Crippen MR) is 46.2 cm³/mol. The summed E-state index contributed by atoms with van der Waals surface area (Å²) >= 11 is 0. The van der Waals surface area contributed by atoms with Crippen LogP contribution in [0.4, 0.5) is 0 Å². The molecule has 0 spiro atoms. The third-order valence-electron chi connectivity index (χ3n) is 0.685.